The van der Waals surface area contributed by atoms with Crippen LogP contribution in [0, 0.1) is 0 Å². The summed E-state index contributed by atoms with van der Waals surface area (Å²) in [6.45, 7) is 4.78. The monoisotopic (exact) mass is 856 g/mol. The van der Waals surface area contributed by atoms with Crippen LogP contribution in [0.5, 0.6) is 0 Å². The first-order chi connectivity index (χ1) is 33.0. The smallest absolute Gasteiger partial charge is 0.238 e. The number of benzene rings is 10. The van der Waals surface area contributed by atoms with Gasteiger partial charge in [-0.3, -0.25) is 4.57 Å². The number of hydrogen-bond acceptors (Lipinski definition) is 3. The lowest BCUT2D eigenvalue weighted by molar-refractivity contribution is 0.612. The molecule has 1 aliphatic rings. The Kier molecular flexibility index (Phi) is 8.91. The van der Waals surface area contributed by atoms with Crippen molar-refractivity contribution in [2.75, 3.05) is 0 Å². The van der Waals surface area contributed by atoms with Crippen molar-refractivity contribution in [3.8, 4) is 62.1 Å². The Morgan fingerprint density at radius 3 is 1.46 bits per heavy atom. The molecule has 0 atom stereocenters. The molecule has 0 spiro atoms. The van der Waals surface area contributed by atoms with Crippen LogP contribution in [0.4, 0.5) is 0 Å². The first-order valence-corrected chi connectivity index (χ1v) is 23.2. The van der Waals surface area contributed by atoms with Gasteiger partial charge in [-0.15, -0.1) is 0 Å². The lowest BCUT2D eigenvalue weighted by Crippen LogP contribution is -2.28. The predicted molar refractivity (Wildman–Crippen MR) is 278 cm³/mol. The highest BCUT2D eigenvalue weighted by molar-refractivity contribution is 6.33. The molecule has 0 saturated carbocycles. The molecule has 0 amide bonds. The van der Waals surface area contributed by atoms with E-state index < -0.39 is 0 Å². The number of aromatic nitrogens is 4. The normalized spacial score (nSPS) is 13.0. The van der Waals surface area contributed by atoms with Crippen LogP contribution in [-0.2, 0) is 11.8 Å². The molecular weight excluding hydrogens is 813 g/mol. The third-order valence-corrected chi connectivity index (χ3v) is 14.1. The fraction of sp³-hybridized carbons (Fsp3) is 0.0635. The second-order valence-corrected chi connectivity index (χ2v) is 18.3. The summed E-state index contributed by atoms with van der Waals surface area (Å²) in [5, 5.41) is 7.09. The minimum Gasteiger partial charge on any atom is -0.277 e. The molecule has 0 aliphatic heterocycles. The first kappa shape index (κ1) is 38.9. The Balaban J connectivity index is 1.13. The van der Waals surface area contributed by atoms with Crippen molar-refractivity contribution in [3.63, 3.8) is 0 Å². The summed E-state index contributed by atoms with van der Waals surface area (Å²) in [4.78, 5) is 16.4. The average molecular weight is 857 g/mol. The van der Waals surface area contributed by atoms with Gasteiger partial charge in [0.15, 0.2) is 11.6 Å². The summed E-state index contributed by atoms with van der Waals surface area (Å²) >= 11 is 0. The number of rotatable bonds is 6. The average Bonchev–Trinajstić information content (AvgIpc) is 3.75. The van der Waals surface area contributed by atoms with Crippen LogP contribution in [0.3, 0.4) is 0 Å². The van der Waals surface area contributed by atoms with Crippen molar-refractivity contribution in [3.05, 3.63) is 241 Å². The second kappa shape index (κ2) is 15.3. The molecule has 0 radical (unpaired) electrons. The zero-order valence-corrected chi connectivity index (χ0v) is 37.3. The Labute approximate surface area is 389 Å². The predicted octanol–water partition coefficient (Wildman–Crippen LogP) is 15.8. The Hall–Kier alpha value is -8.47. The molecule has 316 valence electrons. The summed E-state index contributed by atoms with van der Waals surface area (Å²) < 4.78 is 2.36. The van der Waals surface area contributed by atoms with Gasteiger partial charge < -0.3 is 0 Å². The van der Waals surface area contributed by atoms with Crippen LogP contribution in [0.2, 0.25) is 0 Å². The molecule has 0 unspecified atom stereocenters. The van der Waals surface area contributed by atoms with Gasteiger partial charge in [-0.1, -0.05) is 232 Å². The molecule has 0 N–H and O–H groups in total. The van der Waals surface area contributed by atoms with Crippen LogP contribution in [-0.4, -0.2) is 19.5 Å². The van der Waals surface area contributed by atoms with E-state index in [2.05, 4.69) is 237 Å². The first-order valence-electron chi connectivity index (χ1n) is 23.2. The number of para-hydroxylation sites is 1. The quantitative estimate of drug-likeness (QED) is 0.157. The summed E-state index contributed by atoms with van der Waals surface area (Å²) in [5.41, 5.74) is 16.2. The van der Waals surface area contributed by atoms with Crippen LogP contribution < -0.4 is 0 Å². The van der Waals surface area contributed by atoms with Crippen LogP contribution in [0.25, 0.3) is 105 Å². The summed E-state index contributed by atoms with van der Waals surface area (Å²) in [6.07, 6.45) is 0.892. The third kappa shape index (κ3) is 6.25. The molecule has 0 saturated heterocycles. The highest BCUT2D eigenvalue weighted by Crippen LogP contribution is 2.50. The summed E-state index contributed by atoms with van der Waals surface area (Å²) in [6, 6.07) is 78.6. The highest BCUT2D eigenvalue weighted by atomic mass is 15.2. The van der Waals surface area contributed by atoms with Gasteiger partial charge in [0.1, 0.15) is 0 Å². The van der Waals surface area contributed by atoms with E-state index in [1.807, 2.05) is 0 Å². The molecule has 4 heteroatoms. The van der Waals surface area contributed by atoms with E-state index in [4.69, 9.17) is 15.0 Å². The van der Waals surface area contributed by atoms with E-state index in [0.29, 0.717) is 17.6 Å². The van der Waals surface area contributed by atoms with Gasteiger partial charge >= 0.3 is 0 Å². The van der Waals surface area contributed by atoms with Crippen molar-refractivity contribution in [2.24, 2.45) is 0 Å². The van der Waals surface area contributed by atoms with Gasteiger partial charge in [0.25, 0.3) is 0 Å². The minimum absolute atomic E-state index is 0.246. The molecule has 2 aromatic heterocycles. The lowest BCUT2D eigenvalue weighted by atomic mass is 9.66. The SMILES string of the molecule is CC1(C)c2ccccc2Cc2cccc(-c3cccc4c5c6ccccc6c6ccccc6c5n(-c5nc(-c6ccc(-c7ccccc7)cc6)nc(-c6ccc(-c7ccccc7)cc6)n5)c34)c21. The van der Waals surface area contributed by atoms with Gasteiger partial charge in [-0.2, -0.15) is 9.97 Å². The van der Waals surface area contributed by atoms with Gasteiger partial charge in [-0.05, 0) is 72.7 Å². The topological polar surface area (TPSA) is 43.6 Å². The maximum absolute atomic E-state index is 5.55. The third-order valence-electron chi connectivity index (χ3n) is 14.1. The van der Waals surface area contributed by atoms with E-state index in [-0.39, 0.29) is 5.41 Å². The second-order valence-electron chi connectivity index (χ2n) is 18.3. The van der Waals surface area contributed by atoms with Crippen molar-refractivity contribution < 1.29 is 0 Å². The maximum atomic E-state index is 5.55. The maximum Gasteiger partial charge on any atom is 0.238 e. The largest absolute Gasteiger partial charge is 0.277 e. The zero-order chi connectivity index (χ0) is 44.6. The summed E-state index contributed by atoms with van der Waals surface area (Å²) in [5.74, 6) is 1.79. The van der Waals surface area contributed by atoms with Crippen molar-refractivity contribution in [1.29, 1.82) is 0 Å². The zero-order valence-electron chi connectivity index (χ0n) is 37.3. The molecule has 67 heavy (non-hydrogen) atoms. The summed E-state index contributed by atoms with van der Waals surface area (Å²) in [7, 11) is 0. The lowest BCUT2D eigenvalue weighted by Gasteiger charge is -2.37. The molecule has 13 rings (SSSR count). The molecule has 1 aliphatic carbocycles. The molecule has 12 aromatic rings. The fourth-order valence-electron chi connectivity index (χ4n) is 11.1. The van der Waals surface area contributed by atoms with Crippen LogP contribution >= 0.6 is 0 Å². The molecular formula is C63H44N4. The molecule has 4 nitrogen and oxygen atoms in total. The van der Waals surface area contributed by atoms with E-state index in [0.717, 1.165) is 67.2 Å². The van der Waals surface area contributed by atoms with Crippen LogP contribution in [0.1, 0.15) is 36.1 Å². The molecule has 0 bridgehead atoms. The Bertz CT molecular complexity index is 3780. The van der Waals surface area contributed by atoms with Gasteiger partial charge in [0.2, 0.25) is 5.95 Å². The van der Waals surface area contributed by atoms with Crippen molar-refractivity contribution >= 4 is 43.4 Å². The van der Waals surface area contributed by atoms with Gasteiger partial charge in [0, 0.05) is 38.3 Å². The van der Waals surface area contributed by atoms with E-state index in [9.17, 15) is 0 Å². The number of fused-ring (bicyclic) bond motifs is 10. The molecule has 10 aromatic carbocycles. The number of nitrogens with zero attached hydrogens (tertiary/aromatic N) is 4. The number of hydrogen-bond donors (Lipinski definition) is 0. The molecule has 0 fully saturated rings. The van der Waals surface area contributed by atoms with Gasteiger partial charge in [0.05, 0.1) is 11.0 Å². The Morgan fingerprint density at radius 2 is 0.821 bits per heavy atom. The Morgan fingerprint density at radius 1 is 0.358 bits per heavy atom. The highest BCUT2D eigenvalue weighted by Gasteiger charge is 2.35. The minimum atomic E-state index is -0.246. The standard InChI is InChI=1S/C63H44N4/c1-63(2)55-30-14-9-21-46(55)39-47-22-15-27-51(57(47)63)53-28-16-29-54-56-50-25-12-10-23-48(50)49-24-11-13-26-52(49)59(56)67(58(53)54)62-65-60(44-35-31-42(32-36-44)40-17-5-3-6-18-40)64-61(66-62)45-37-33-43(34-38-45)41-19-7-4-8-20-41/h3-38H,39H2,1-2H3. The van der Waals surface area contributed by atoms with E-state index >= 15 is 0 Å². The van der Waals surface area contributed by atoms with E-state index in [1.54, 1.807) is 0 Å². The molecule has 2 heterocycles. The van der Waals surface area contributed by atoms with Gasteiger partial charge in [-0.25, -0.2) is 4.98 Å². The van der Waals surface area contributed by atoms with E-state index in [1.165, 1.54) is 49.4 Å². The van der Waals surface area contributed by atoms with Crippen molar-refractivity contribution in [2.45, 2.75) is 25.7 Å². The van der Waals surface area contributed by atoms with Crippen molar-refractivity contribution in [1.82, 2.24) is 19.5 Å². The van der Waals surface area contributed by atoms with Crippen LogP contribution in [0.15, 0.2) is 218 Å². The fourth-order valence-corrected chi connectivity index (χ4v) is 11.1.